The van der Waals surface area contributed by atoms with E-state index in [1.54, 1.807) is 0 Å². The van der Waals surface area contributed by atoms with Crippen LogP contribution in [0.4, 0.5) is 0 Å². The molecule has 1 aliphatic rings. The van der Waals surface area contributed by atoms with Crippen LogP contribution in [0, 0.1) is 5.41 Å². The van der Waals surface area contributed by atoms with Gasteiger partial charge in [0.05, 0.1) is 12.7 Å². The fourth-order valence-corrected chi connectivity index (χ4v) is 2.54. The normalized spacial score (nSPS) is 27.2. The van der Waals surface area contributed by atoms with Crippen LogP contribution in [-0.2, 0) is 11.3 Å². The van der Waals surface area contributed by atoms with Gasteiger partial charge in [0.1, 0.15) is 0 Å². The Hall–Kier alpha value is -0.860. The molecule has 100 valence electrons. The number of benzene rings is 1. The van der Waals surface area contributed by atoms with Gasteiger partial charge in [-0.05, 0) is 23.8 Å². The summed E-state index contributed by atoms with van der Waals surface area (Å²) in [6, 6.07) is 11.0. The third-order valence-electron chi connectivity index (χ3n) is 3.71. The van der Waals surface area contributed by atoms with Crippen LogP contribution in [0.1, 0.15) is 39.2 Å². The van der Waals surface area contributed by atoms with E-state index in [9.17, 15) is 0 Å². The highest BCUT2D eigenvalue weighted by molar-refractivity contribution is 5.13. The molecule has 0 atom stereocenters. The largest absolute Gasteiger partial charge is 0.374 e. The predicted molar refractivity (Wildman–Crippen MR) is 75.5 cm³/mol. The average Bonchev–Trinajstić information content (AvgIpc) is 2.32. The molecule has 0 amide bonds. The molecule has 2 nitrogen and oxygen atoms in total. The monoisotopic (exact) mass is 247 g/mol. The van der Waals surface area contributed by atoms with Crippen molar-refractivity contribution in [3.63, 3.8) is 0 Å². The first-order chi connectivity index (χ1) is 8.57. The van der Waals surface area contributed by atoms with Gasteiger partial charge in [-0.2, -0.15) is 0 Å². The Morgan fingerprint density at radius 2 is 1.94 bits per heavy atom. The molecule has 1 N–H and O–H groups in total. The molecule has 1 aliphatic carbocycles. The molecule has 1 aromatic carbocycles. The van der Waals surface area contributed by atoms with Crippen molar-refractivity contribution in [3.8, 4) is 0 Å². The first-order valence-corrected chi connectivity index (χ1v) is 6.96. The topological polar surface area (TPSA) is 21.3 Å². The Labute approximate surface area is 111 Å². The minimum atomic E-state index is 0.436. The maximum Gasteiger partial charge on any atom is 0.0720 e. The number of nitrogens with one attached hydrogen (secondary N) is 1. The van der Waals surface area contributed by atoms with Gasteiger partial charge in [-0.3, -0.25) is 0 Å². The summed E-state index contributed by atoms with van der Waals surface area (Å²) in [6.07, 6.45) is 2.81. The lowest BCUT2D eigenvalue weighted by Gasteiger charge is -2.45. The SMILES string of the molecule is CC(C)NCC1(C)CC(OCc2ccccc2)C1. The molecule has 0 aromatic heterocycles. The van der Waals surface area contributed by atoms with Crippen LogP contribution < -0.4 is 5.32 Å². The van der Waals surface area contributed by atoms with Crippen molar-refractivity contribution in [2.75, 3.05) is 6.54 Å². The number of rotatable bonds is 6. The maximum absolute atomic E-state index is 5.94. The first kappa shape index (κ1) is 13.6. The van der Waals surface area contributed by atoms with Crippen molar-refractivity contribution in [2.24, 2.45) is 5.41 Å². The number of hydrogen-bond acceptors (Lipinski definition) is 2. The van der Waals surface area contributed by atoms with Gasteiger partial charge in [0.2, 0.25) is 0 Å². The van der Waals surface area contributed by atoms with Crippen molar-refractivity contribution in [1.29, 1.82) is 0 Å². The third kappa shape index (κ3) is 3.82. The van der Waals surface area contributed by atoms with Gasteiger partial charge < -0.3 is 10.1 Å². The molecule has 0 spiro atoms. The summed E-state index contributed by atoms with van der Waals surface area (Å²) in [6.45, 7) is 8.61. The van der Waals surface area contributed by atoms with Gasteiger partial charge in [0, 0.05) is 12.6 Å². The van der Waals surface area contributed by atoms with Gasteiger partial charge in [-0.1, -0.05) is 51.1 Å². The lowest BCUT2D eigenvalue weighted by atomic mass is 9.68. The molecule has 2 rings (SSSR count). The zero-order valence-electron chi connectivity index (χ0n) is 11.8. The Morgan fingerprint density at radius 3 is 2.56 bits per heavy atom. The van der Waals surface area contributed by atoms with Crippen molar-refractivity contribution in [1.82, 2.24) is 5.32 Å². The molecule has 0 aliphatic heterocycles. The van der Waals surface area contributed by atoms with Crippen LogP contribution in [0.5, 0.6) is 0 Å². The second-order valence-electron chi connectivity index (χ2n) is 6.17. The summed E-state index contributed by atoms with van der Waals surface area (Å²) >= 11 is 0. The summed E-state index contributed by atoms with van der Waals surface area (Å²) in [5.74, 6) is 0. The first-order valence-electron chi connectivity index (χ1n) is 6.96. The molecule has 0 unspecified atom stereocenters. The summed E-state index contributed by atoms with van der Waals surface area (Å²) in [5.41, 5.74) is 1.71. The van der Waals surface area contributed by atoms with Crippen LogP contribution in [0.3, 0.4) is 0 Å². The quantitative estimate of drug-likeness (QED) is 0.832. The van der Waals surface area contributed by atoms with Crippen LogP contribution in [0.15, 0.2) is 30.3 Å². The Bertz CT molecular complexity index is 355. The van der Waals surface area contributed by atoms with Gasteiger partial charge >= 0.3 is 0 Å². The van der Waals surface area contributed by atoms with E-state index in [4.69, 9.17) is 4.74 Å². The molecule has 1 saturated carbocycles. The highest BCUT2D eigenvalue weighted by atomic mass is 16.5. The van der Waals surface area contributed by atoms with Crippen LogP contribution in [0.25, 0.3) is 0 Å². The van der Waals surface area contributed by atoms with Crippen molar-refractivity contribution < 1.29 is 4.74 Å². The van der Waals surface area contributed by atoms with E-state index in [-0.39, 0.29) is 0 Å². The van der Waals surface area contributed by atoms with E-state index < -0.39 is 0 Å². The van der Waals surface area contributed by atoms with Gasteiger partial charge in [-0.15, -0.1) is 0 Å². The smallest absolute Gasteiger partial charge is 0.0720 e. The molecule has 0 heterocycles. The Kier molecular flexibility index (Phi) is 4.41. The molecule has 0 bridgehead atoms. The molecule has 0 radical (unpaired) electrons. The van der Waals surface area contributed by atoms with E-state index >= 15 is 0 Å². The second kappa shape index (κ2) is 5.85. The zero-order valence-corrected chi connectivity index (χ0v) is 11.8. The highest BCUT2D eigenvalue weighted by Gasteiger charge is 2.40. The summed E-state index contributed by atoms with van der Waals surface area (Å²) in [7, 11) is 0. The van der Waals surface area contributed by atoms with E-state index in [2.05, 4.69) is 50.4 Å². The molecule has 2 heteroatoms. The Morgan fingerprint density at radius 1 is 1.28 bits per heavy atom. The lowest BCUT2D eigenvalue weighted by molar-refractivity contribution is -0.0803. The van der Waals surface area contributed by atoms with Crippen LogP contribution in [-0.4, -0.2) is 18.7 Å². The summed E-state index contributed by atoms with van der Waals surface area (Å²) in [4.78, 5) is 0. The molecular weight excluding hydrogens is 222 g/mol. The van der Waals surface area contributed by atoms with Gasteiger partial charge in [0.15, 0.2) is 0 Å². The molecule has 18 heavy (non-hydrogen) atoms. The van der Waals surface area contributed by atoms with E-state index in [1.807, 2.05) is 6.07 Å². The van der Waals surface area contributed by atoms with Crippen molar-refractivity contribution >= 4 is 0 Å². The summed E-state index contributed by atoms with van der Waals surface area (Å²) in [5, 5.41) is 3.53. The molecule has 1 aromatic rings. The second-order valence-corrected chi connectivity index (χ2v) is 6.17. The Balaban J connectivity index is 1.67. The van der Waals surface area contributed by atoms with E-state index in [1.165, 1.54) is 18.4 Å². The van der Waals surface area contributed by atoms with Crippen LogP contribution in [0.2, 0.25) is 0 Å². The van der Waals surface area contributed by atoms with Gasteiger partial charge in [-0.25, -0.2) is 0 Å². The number of ether oxygens (including phenoxy) is 1. The van der Waals surface area contributed by atoms with E-state index in [0.29, 0.717) is 17.6 Å². The highest BCUT2D eigenvalue weighted by Crippen LogP contribution is 2.42. The zero-order chi connectivity index (χ0) is 13.0. The van der Waals surface area contributed by atoms with Crippen molar-refractivity contribution in [3.05, 3.63) is 35.9 Å². The maximum atomic E-state index is 5.94. The average molecular weight is 247 g/mol. The standard InChI is InChI=1S/C16H25NO/c1-13(2)17-12-16(3)9-15(10-16)18-11-14-7-5-4-6-8-14/h4-8,13,15,17H,9-12H2,1-3H3. The molecule has 0 saturated heterocycles. The minimum Gasteiger partial charge on any atom is -0.374 e. The van der Waals surface area contributed by atoms with Gasteiger partial charge in [0.25, 0.3) is 0 Å². The number of hydrogen-bond donors (Lipinski definition) is 1. The fraction of sp³-hybridized carbons (Fsp3) is 0.625. The van der Waals surface area contributed by atoms with Crippen LogP contribution >= 0.6 is 0 Å². The minimum absolute atomic E-state index is 0.436. The summed E-state index contributed by atoms with van der Waals surface area (Å²) < 4.78 is 5.94. The third-order valence-corrected chi connectivity index (χ3v) is 3.71. The van der Waals surface area contributed by atoms with E-state index in [0.717, 1.165) is 13.2 Å². The lowest BCUT2D eigenvalue weighted by Crippen LogP contribution is -2.47. The predicted octanol–water partition coefficient (Wildman–Crippen LogP) is 3.37. The van der Waals surface area contributed by atoms with Crippen molar-refractivity contribution in [2.45, 2.75) is 52.4 Å². The fourth-order valence-electron chi connectivity index (χ4n) is 2.54. The molecular formula is C16H25NO. The molecule has 1 fully saturated rings.